The smallest absolute Gasteiger partial charge is 0.221 e. The average Bonchev–Trinajstić information content (AvgIpc) is 2.92. The number of ether oxygens (including phenoxy) is 1. The summed E-state index contributed by atoms with van der Waals surface area (Å²) >= 11 is 0. The molecule has 2 N–H and O–H groups in total. The van der Waals surface area contributed by atoms with Crippen LogP contribution in [0.15, 0.2) is 30.3 Å². The Balaban J connectivity index is 0.00000200. The highest BCUT2D eigenvalue weighted by Gasteiger charge is 2.16. The van der Waals surface area contributed by atoms with Crippen LogP contribution in [0.2, 0.25) is 0 Å². The maximum Gasteiger partial charge on any atom is 0.221 e. The number of para-hydroxylation sites is 1. The summed E-state index contributed by atoms with van der Waals surface area (Å²) in [7, 11) is 0. The van der Waals surface area contributed by atoms with Gasteiger partial charge in [-0.25, -0.2) is 0 Å². The van der Waals surface area contributed by atoms with E-state index in [1.165, 1.54) is 6.42 Å². The van der Waals surface area contributed by atoms with Crippen LogP contribution in [0.3, 0.4) is 0 Å². The molecule has 5 heteroatoms. The van der Waals surface area contributed by atoms with Gasteiger partial charge in [0.05, 0.1) is 6.61 Å². The fourth-order valence-corrected chi connectivity index (χ4v) is 2.23. The van der Waals surface area contributed by atoms with Crippen LogP contribution in [0.1, 0.15) is 25.7 Å². The second-order valence-corrected chi connectivity index (χ2v) is 4.86. The van der Waals surface area contributed by atoms with Crippen LogP contribution in [-0.2, 0) is 4.79 Å². The molecule has 1 amide bonds. The van der Waals surface area contributed by atoms with Crippen LogP contribution in [0.25, 0.3) is 0 Å². The number of benzene rings is 1. The van der Waals surface area contributed by atoms with E-state index in [2.05, 4.69) is 10.6 Å². The molecular weight excluding hydrogens is 276 g/mol. The Hall–Kier alpha value is -1.26. The topological polar surface area (TPSA) is 50.4 Å². The van der Waals surface area contributed by atoms with Gasteiger partial charge in [-0.1, -0.05) is 18.2 Å². The van der Waals surface area contributed by atoms with Crippen LogP contribution < -0.4 is 15.4 Å². The number of nitrogens with one attached hydrogen (secondary N) is 2. The van der Waals surface area contributed by atoms with Gasteiger partial charge in [0.2, 0.25) is 5.91 Å². The lowest BCUT2D eigenvalue weighted by Crippen LogP contribution is -2.32. The lowest BCUT2D eigenvalue weighted by Gasteiger charge is -2.10. The van der Waals surface area contributed by atoms with Gasteiger partial charge in [0.1, 0.15) is 5.75 Å². The molecule has 112 valence electrons. The van der Waals surface area contributed by atoms with Gasteiger partial charge in [-0.3, -0.25) is 4.79 Å². The first-order valence-electron chi connectivity index (χ1n) is 7.02. The van der Waals surface area contributed by atoms with Gasteiger partial charge in [0, 0.05) is 19.0 Å². The van der Waals surface area contributed by atoms with Crippen molar-refractivity contribution in [3.05, 3.63) is 30.3 Å². The second kappa shape index (κ2) is 9.61. The van der Waals surface area contributed by atoms with E-state index >= 15 is 0 Å². The van der Waals surface area contributed by atoms with E-state index in [9.17, 15) is 4.79 Å². The van der Waals surface area contributed by atoms with Crippen molar-refractivity contribution in [1.29, 1.82) is 0 Å². The highest BCUT2D eigenvalue weighted by atomic mass is 35.5. The Kier molecular flexibility index (Phi) is 8.07. The van der Waals surface area contributed by atoms with Gasteiger partial charge < -0.3 is 15.4 Å². The van der Waals surface area contributed by atoms with E-state index in [4.69, 9.17) is 4.74 Å². The maximum atomic E-state index is 11.6. The molecule has 1 aromatic carbocycles. The largest absolute Gasteiger partial charge is 0.494 e. The van der Waals surface area contributed by atoms with E-state index in [0.717, 1.165) is 25.1 Å². The molecule has 4 nitrogen and oxygen atoms in total. The summed E-state index contributed by atoms with van der Waals surface area (Å²) in [6.07, 6.45) is 3.73. The van der Waals surface area contributed by atoms with Crippen molar-refractivity contribution in [2.75, 3.05) is 19.7 Å². The van der Waals surface area contributed by atoms with Crippen LogP contribution in [0.4, 0.5) is 0 Å². The van der Waals surface area contributed by atoms with Gasteiger partial charge in [-0.05, 0) is 37.9 Å². The number of halogens is 1. The normalized spacial score (nSPS) is 17.3. The molecule has 1 unspecified atom stereocenters. The fourth-order valence-electron chi connectivity index (χ4n) is 2.23. The molecule has 2 rings (SSSR count). The zero-order chi connectivity index (χ0) is 13.3. The number of amides is 1. The van der Waals surface area contributed by atoms with Crippen LogP contribution in [0.5, 0.6) is 5.75 Å². The molecule has 1 aromatic rings. The minimum Gasteiger partial charge on any atom is -0.494 e. The van der Waals surface area contributed by atoms with Gasteiger partial charge in [-0.15, -0.1) is 12.4 Å². The summed E-state index contributed by atoms with van der Waals surface area (Å²) in [5.41, 5.74) is 0. The number of carbonyl (C=O) groups is 1. The third-order valence-corrected chi connectivity index (χ3v) is 3.25. The first-order chi connectivity index (χ1) is 9.34. The van der Waals surface area contributed by atoms with Crippen molar-refractivity contribution in [3.63, 3.8) is 0 Å². The zero-order valence-corrected chi connectivity index (χ0v) is 12.5. The van der Waals surface area contributed by atoms with Crippen molar-refractivity contribution >= 4 is 18.3 Å². The number of carbonyl (C=O) groups excluding carboxylic acids is 1. The minimum atomic E-state index is 0. The van der Waals surface area contributed by atoms with Crippen molar-refractivity contribution in [2.45, 2.75) is 31.7 Å². The third-order valence-electron chi connectivity index (χ3n) is 3.25. The Bertz CT molecular complexity index is 381. The molecule has 1 atom stereocenters. The molecule has 0 bridgehead atoms. The van der Waals surface area contributed by atoms with Crippen molar-refractivity contribution in [3.8, 4) is 5.75 Å². The van der Waals surface area contributed by atoms with Crippen LogP contribution in [0, 0.1) is 0 Å². The molecule has 20 heavy (non-hydrogen) atoms. The highest BCUT2D eigenvalue weighted by molar-refractivity contribution is 5.85. The monoisotopic (exact) mass is 298 g/mol. The van der Waals surface area contributed by atoms with Crippen molar-refractivity contribution in [1.82, 2.24) is 10.6 Å². The molecule has 0 radical (unpaired) electrons. The quantitative estimate of drug-likeness (QED) is 0.758. The molecule has 1 saturated heterocycles. The number of hydrogen-bond donors (Lipinski definition) is 2. The maximum absolute atomic E-state index is 11.6. The molecule has 0 aromatic heterocycles. The fraction of sp³-hybridized carbons (Fsp3) is 0.533. The number of hydrogen-bond acceptors (Lipinski definition) is 3. The summed E-state index contributed by atoms with van der Waals surface area (Å²) < 4.78 is 5.56. The van der Waals surface area contributed by atoms with Crippen molar-refractivity contribution in [2.24, 2.45) is 0 Å². The van der Waals surface area contributed by atoms with Gasteiger partial charge in [-0.2, -0.15) is 0 Å². The predicted molar refractivity (Wildman–Crippen MR) is 82.5 cm³/mol. The van der Waals surface area contributed by atoms with Gasteiger partial charge in [0.15, 0.2) is 0 Å². The Morgan fingerprint density at radius 3 is 2.85 bits per heavy atom. The molecule has 1 heterocycles. The predicted octanol–water partition coefficient (Wildman–Crippen LogP) is 2.14. The van der Waals surface area contributed by atoms with E-state index in [-0.39, 0.29) is 18.3 Å². The molecule has 0 aliphatic carbocycles. The molecule has 0 saturated carbocycles. The Morgan fingerprint density at radius 2 is 2.15 bits per heavy atom. The van der Waals surface area contributed by atoms with Crippen LogP contribution >= 0.6 is 12.4 Å². The molecule has 1 aliphatic heterocycles. The zero-order valence-electron chi connectivity index (χ0n) is 11.6. The summed E-state index contributed by atoms with van der Waals surface area (Å²) in [6.45, 7) is 2.35. The minimum absolute atomic E-state index is 0. The SMILES string of the molecule is Cl.O=C(CC1CCCN1)NCCCOc1ccccc1. The highest BCUT2D eigenvalue weighted by Crippen LogP contribution is 2.09. The lowest BCUT2D eigenvalue weighted by molar-refractivity contribution is -0.121. The van der Waals surface area contributed by atoms with Gasteiger partial charge >= 0.3 is 0 Å². The van der Waals surface area contributed by atoms with E-state index in [0.29, 0.717) is 25.6 Å². The second-order valence-electron chi connectivity index (χ2n) is 4.86. The first-order valence-corrected chi connectivity index (χ1v) is 7.02. The van der Waals surface area contributed by atoms with E-state index in [1.54, 1.807) is 0 Å². The molecule has 1 aliphatic rings. The molecular formula is C15H23ClN2O2. The lowest BCUT2D eigenvalue weighted by atomic mass is 10.1. The Morgan fingerprint density at radius 1 is 1.35 bits per heavy atom. The average molecular weight is 299 g/mol. The summed E-state index contributed by atoms with van der Waals surface area (Å²) in [6, 6.07) is 10.1. The van der Waals surface area contributed by atoms with Crippen molar-refractivity contribution < 1.29 is 9.53 Å². The van der Waals surface area contributed by atoms with Crippen LogP contribution in [-0.4, -0.2) is 31.6 Å². The van der Waals surface area contributed by atoms with E-state index in [1.807, 2.05) is 30.3 Å². The standard InChI is InChI=1S/C15H22N2O2.ClH/c18-15(12-13-6-4-9-16-13)17-10-5-11-19-14-7-2-1-3-8-14;/h1-3,7-8,13,16H,4-6,9-12H2,(H,17,18);1H. The number of rotatable bonds is 7. The first kappa shape index (κ1) is 16.8. The summed E-state index contributed by atoms with van der Waals surface area (Å²) in [5.74, 6) is 1.02. The van der Waals surface area contributed by atoms with Gasteiger partial charge in [0.25, 0.3) is 0 Å². The summed E-state index contributed by atoms with van der Waals surface area (Å²) in [4.78, 5) is 11.6. The Labute approximate surface area is 126 Å². The molecule has 1 fully saturated rings. The third kappa shape index (κ3) is 6.26. The molecule has 0 spiro atoms. The van der Waals surface area contributed by atoms with E-state index < -0.39 is 0 Å². The summed E-state index contributed by atoms with van der Waals surface area (Å²) in [5, 5.41) is 6.26.